The molecule has 86 valence electrons. The highest BCUT2D eigenvalue weighted by molar-refractivity contribution is 5.72. The maximum atomic E-state index is 11.8. The van der Waals surface area contributed by atoms with Crippen LogP contribution in [0.3, 0.4) is 0 Å². The summed E-state index contributed by atoms with van der Waals surface area (Å²) in [6.07, 6.45) is 0.690. The van der Waals surface area contributed by atoms with Gasteiger partial charge in [-0.15, -0.1) is 0 Å². The third kappa shape index (κ3) is 1.73. The van der Waals surface area contributed by atoms with Crippen LogP contribution in [-0.2, 0) is 13.5 Å². The molecular weight excluding hydrogens is 204 g/mol. The van der Waals surface area contributed by atoms with E-state index >= 15 is 0 Å². The minimum Gasteiger partial charge on any atom is -0.316 e. The van der Waals surface area contributed by atoms with Crippen molar-refractivity contribution in [2.24, 2.45) is 13.0 Å². The number of fused-ring (bicyclic) bond motifs is 1. The fourth-order valence-corrected chi connectivity index (χ4v) is 1.81. The molecule has 5 nitrogen and oxygen atoms in total. The van der Waals surface area contributed by atoms with Gasteiger partial charge in [0.05, 0.1) is 5.69 Å². The Morgan fingerprint density at radius 3 is 2.75 bits per heavy atom. The highest BCUT2D eigenvalue weighted by Gasteiger charge is 2.11. The third-order valence-corrected chi connectivity index (χ3v) is 2.54. The summed E-state index contributed by atoms with van der Waals surface area (Å²) < 4.78 is 1.70. The molecule has 5 heteroatoms. The van der Waals surface area contributed by atoms with E-state index in [4.69, 9.17) is 0 Å². The van der Waals surface area contributed by atoms with E-state index in [2.05, 4.69) is 28.9 Å². The molecule has 0 aromatic carbocycles. The lowest BCUT2D eigenvalue weighted by Gasteiger charge is -2.03. The quantitative estimate of drug-likeness (QED) is 0.826. The lowest BCUT2D eigenvalue weighted by Crippen LogP contribution is -2.17. The summed E-state index contributed by atoms with van der Waals surface area (Å²) in [4.78, 5) is 19.0. The SMILES string of the molecule is Cc1nn(C)c2nc(CC(C)C)c(=O)[nH]c12. The van der Waals surface area contributed by atoms with E-state index in [1.54, 1.807) is 4.68 Å². The Kier molecular flexibility index (Phi) is 2.53. The van der Waals surface area contributed by atoms with Crippen molar-refractivity contribution in [2.45, 2.75) is 27.2 Å². The first-order chi connectivity index (χ1) is 7.49. The van der Waals surface area contributed by atoms with Crippen molar-refractivity contribution in [3.05, 3.63) is 21.7 Å². The molecule has 0 aliphatic carbocycles. The van der Waals surface area contributed by atoms with Crippen LogP contribution in [0.2, 0.25) is 0 Å². The Hall–Kier alpha value is -1.65. The summed E-state index contributed by atoms with van der Waals surface area (Å²) in [7, 11) is 1.83. The van der Waals surface area contributed by atoms with Crippen LogP contribution in [0.5, 0.6) is 0 Å². The second-order valence-electron chi connectivity index (χ2n) is 4.52. The van der Waals surface area contributed by atoms with Gasteiger partial charge in [-0.25, -0.2) is 9.67 Å². The summed E-state index contributed by atoms with van der Waals surface area (Å²) in [6.45, 7) is 6.00. The first-order valence-electron chi connectivity index (χ1n) is 5.41. The number of nitrogens with zero attached hydrogens (tertiary/aromatic N) is 3. The monoisotopic (exact) mass is 220 g/mol. The van der Waals surface area contributed by atoms with Crippen molar-refractivity contribution in [1.29, 1.82) is 0 Å². The molecule has 2 aromatic rings. The molecule has 0 radical (unpaired) electrons. The molecular formula is C11H16N4O. The van der Waals surface area contributed by atoms with E-state index < -0.39 is 0 Å². The van der Waals surface area contributed by atoms with Crippen LogP contribution in [0.15, 0.2) is 4.79 Å². The number of aromatic nitrogens is 4. The van der Waals surface area contributed by atoms with Crippen molar-refractivity contribution in [2.75, 3.05) is 0 Å². The molecule has 0 unspecified atom stereocenters. The zero-order valence-corrected chi connectivity index (χ0v) is 10.0. The normalized spacial score (nSPS) is 11.6. The van der Waals surface area contributed by atoms with E-state index in [9.17, 15) is 4.79 Å². The van der Waals surface area contributed by atoms with Crippen LogP contribution in [0.4, 0.5) is 0 Å². The zero-order valence-electron chi connectivity index (χ0n) is 10.0. The Morgan fingerprint density at radius 2 is 2.12 bits per heavy atom. The molecule has 0 atom stereocenters. The molecule has 2 heterocycles. The standard InChI is InChI=1S/C11H16N4O/c1-6(2)5-8-11(16)13-9-7(3)14-15(4)10(9)12-8/h6H,5H2,1-4H3,(H,13,16). The maximum Gasteiger partial charge on any atom is 0.270 e. The van der Waals surface area contributed by atoms with Gasteiger partial charge in [-0.3, -0.25) is 4.79 Å². The summed E-state index contributed by atoms with van der Waals surface area (Å²) in [5.74, 6) is 0.417. The average molecular weight is 220 g/mol. The van der Waals surface area contributed by atoms with E-state index in [1.807, 2.05) is 14.0 Å². The maximum absolute atomic E-state index is 11.8. The first kappa shape index (κ1) is 10.9. The molecule has 1 N–H and O–H groups in total. The number of hydrogen-bond acceptors (Lipinski definition) is 3. The lowest BCUT2D eigenvalue weighted by atomic mass is 10.1. The molecule has 0 aliphatic rings. The Morgan fingerprint density at radius 1 is 1.44 bits per heavy atom. The molecule has 2 rings (SSSR count). The summed E-state index contributed by atoms with van der Waals surface area (Å²) in [6, 6.07) is 0. The molecule has 0 saturated heterocycles. The third-order valence-electron chi connectivity index (χ3n) is 2.54. The molecule has 0 bridgehead atoms. The van der Waals surface area contributed by atoms with Gasteiger partial charge in [-0.1, -0.05) is 13.8 Å². The van der Waals surface area contributed by atoms with Crippen LogP contribution in [0.1, 0.15) is 25.2 Å². The Labute approximate surface area is 93.5 Å². The van der Waals surface area contributed by atoms with Gasteiger partial charge in [0.15, 0.2) is 5.65 Å². The van der Waals surface area contributed by atoms with E-state index in [0.29, 0.717) is 18.0 Å². The minimum absolute atomic E-state index is 0.0997. The average Bonchev–Trinajstić information content (AvgIpc) is 2.43. The fourth-order valence-electron chi connectivity index (χ4n) is 1.81. The van der Waals surface area contributed by atoms with Crippen molar-refractivity contribution in [3.63, 3.8) is 0 Å². The highest BCUT2D eigenvalue weighted by Crippen LogP contribution is 2.11. The lowest BCUT2D eigenvalue weighted by molar-refractivity contribution is 0.629. The van der Waals surface area contributed by atoms with E-state index in [-0.39, 0.29) is 5.56 Å². The number of aromatic amines is 1. The van der Waals surface area contributed by atoms with Crippen molar-refractivity contribution < 1.29 is 0 Å². The summed E-state index contributed by atoms with van der Waals surface area (Å²) in [5, 5.41) is 4.24. The van der Waals surface area contributed by atoms with E-state index in [0.717, 1.165) is 16.9 Å². The van der Waals surface area contributed by atoms with Crippen LogP contribution in [-0.4, -0.2) is 19.7 Å². The van der Waals surface area contributed by atoms with Crippen LogP contribution in [0, 0.1) is 12.8 Å². The molecule has 2 aromatic heterocycles. The fraction of sp³-hybridized carbons (Fsp3) is 0.545. The number of rotatable bonds is 2. The van der Waals surface area contributed by atoms with Crippen molar-refractivity contribution in [3.8, 4) is 0 Å². The van der Waals surface area contributed by atoms with Crippen LogP contribution in [0.25, 0.3) is 11.2 Å². The van der Waals surface area contributed by atoms with Gasteiger partial charge in [0.25, 0.3) is 5.56 Å². The molecule has 0 spiro atoms. The molecule has 0 fully saturated rings. The summed E-state index contributed by atoms with van der Waals surface area (Å²) >= 11 is 0. The van der Waals surface area contributed by atoms with Gasteiger partial charge in [-0.2, -0.15) is 5.10 Å². The predicted molar refractivity (Wildman–Crippen MR) is 62.4 cm³/mol. The highest BCUT2D eigenvalue weighted by atomic mass is 16.1. The topological polar surface area (TPSA) is 63.6 Å². The molecule has 16 heavy (non-hydrogen) atoms. The van der Waals surface area contributed by atoms with Crippen molar-refractivity contribution in [1.82, 2.24) is 19.7 Å². The number of aryl methyl sites for hydroxylation is 2. The Bertz CT molecular complexity index is 579. The second kappa shape index (κ2) is 3.73. The van der Waals surface area contributed by atoms with Gasteiger partial charge in [0.2, 0.25) is 0 Å². The van der Waals surface area contributed by atoms with Gasteiger partial charge in [-0.05, 0) is 19.3 Å². The van der Waals surface area contributed by atoms with E-state index in [1.165, 1.54) is 0 Å². The largest absolute Gasteiger partial charge is 0.316 e. The van der Waals surface area contributed by atoms with Crippen LogP contribution < -0.4 is 5.56 Å². The smallest absolute Gasteiger partial charge is 0.270 e. The number of H-pyrrole nitrogens is 1. The second-order valence-corrected chi connectivity index (χ2v) is 4.52. The van der Waals surface area contributed by atoms with Gasteiger partial charge >= 0.3 is 0 Å². The first-order valence-corrected chi connectivity index (χ1v) is 5.41. The van der Waals surface area contributed by atoms with Gasteiger partial charge < -0.3 is 4.98 Å². The predicted octanol–water partition coefficient (Wildman–Crippen LogP) is 1.16. The minimum atomic E-state index is -0.0997. The number of nitrogens with one attached hydrogen (secondary N) is 1. The van der Waals surface area contributed by atoms with Gasteiger partial charge in [0.1, 0.15) is 11.2 Å². The van der Waals surface area contributed by atoms with Crippen LogP contribution >= 0.6 is 0 Å². The van der Waals surface area contributed by atoms with Gasteiger partial charge in [0, 0.05) is 7.05 Å². The number of hydrogen-bond donors (Lipinski definition) is 1. The Balaban J connectivity index is 2.66. The van der Waals surface area contributed by atoms with Crippen molar-refractivity contribution >= 4 is 11.2 Å². The molecule has 0 saturated carbocycles. The zero-order chi connectivity index (χ0) is 11.9. The summed E-state index contributed by atoms with van der Waals surface area (Å²) in [5.41, 5.74) is 2.77. The molecule has 0 aliphatic heterocycles. The molecule has 0 amide bonds.